The van der Waals surface area contributed by atoms with Gasteiger partial charge < -0.3 is 26.9 Å². The van der Waals surface area contributed by atoms with Crippen molar-refractivity contribution in [3.05, 3.63) is 0 Å². The summed E-state index contributed by atoms with van der Waals surface area (Å²) >= 11 is 0. The molecule has 0 spiro atoms. The van der Waals surface area contributed by atoms with Crippen molar-refractivity contribution in [3.8, 4) is 0 Å². The van der Waals surface area contributed by atoms with Crippen LogP contribution in [0.1, 0.15) is 0 Å². The van der Waals surface area contributed by atoms with Crippen molar-refractivity contribution < 1.29 is 26.9 Å². The second-order valence-electron chi connectivity index (χ2n) is 13.9. The Morgan fingerprint density at radius 3 is 1.47 bits per heavy atom. The molecule has 32 heavy (non-hydrogen) atoms. The van der Waals surface area contributed by atoms with Gasteiger partial charge in [0.15, 0.2) is 41.6 Å². The lowest BCUT2D eigenvalue weighted by molar-refractivity contribution is -0.311. The zero-order valence-corrected chi connectivity index (χ0v) is 28.6. The van der Waals surface area contributed by atoms with E-state index in [-0.39, 0.29) is 12.2 Å². The van der Waals surface area contributed by atoms with Crippen LogP contribution >= 0.6 is 0 Å². The summed E-state index contributed by atoms with van der Waals surface area (Å²) in [5.74, 6) is -0.991. The second kappa shape index (κ2) is 10.4. The fraction of sp³-hybridized carbons (Fsp3) is 1.00. The van der Waals surface area contributed by atoms with Crippen LogP contribution in [0.4, 0.5) is 0 Å². The third-order valence-electron chi connectivity index (χ3n) is 4.25. The summed E-state index contributed by atoms with van der Waals surface area (Å²) in [4.78, 5) is 0. The normalized spacial score (nSPS) is 28.8. The van der Waals surface area contributed by atoms with Crippen LogP contribution in [0.3, 0.4) is 0 Å². The van der Waals surface area contributed by atoms with Crippen molar-refractivity contribution in [1.29, 1.82) is 0 Å². The molecule has 4 atom stereocenters. The lowest BCUT2D eigenvalue weighted by Crippen LogP contribution is -2.71. The van der Waals surface area contributed by atoms with E-state index in [0.29, 0.717) is 13.2 Å². The molecular weight excluding hydrogens is 489 g/mol. The average molecular weight is 541 g/mol. The largest absolute Gasteiger partial charge is 0.412 e. The van der Waals surface area contributed by atoms with Gasteiger partial charge >= 0.3 is 0 Å². The first-order valence-corrected chi connectivity index (χ1v) is 29.0. The minimum atomic E-state index is -2.02. The number of ether oxygens (including phenoxy) is 1. The highest BCUT2D eigenvalue weighted by atomic mass is 28.4. The van der Waals surface area contributed by atoms with Crippen molar-refractivity contribution in [2.24, 2.45) is 0 Å². The van der Waals surface area contributed by atoms with Crippen molar-refractivity contribution in [2.75, 3.05) is 13.2 Å². The van der Waals surface area contributed by atoms with E-state index in [4.69, 9.17) is 26.9 Å². The molecule has 11 heteroatoms. The van der Waals surface area contributed by atoms with Crippen molar-refractivity contribution in [1.82, 2.24) is 0 Å². The zero-order chi connectivity index (χ0) is 25.4. The molecule has 1 aliphatic heterocycles. The highest BCUT2D eigenvalue weighted by Crippen LogP contribution is 2.39. The van der Waals surface area contributed by atoms with Gasteiger partial charge in [-0.1, -0.05) is 0 Å². The quantitative estimate of drug-likeness (QED) is 0.296. The molecule has 0 N–H and O–H groups in total. The maximum atomic E-state index is 6.89. The number of rotatable bonds is 11. The van der Waals surface area contributed by atoms with Crippen LogP contribution in [0.15, 0.2) is 0 Å². The Bertz CT molecular complexity index is 600. The van der Waals surface area contributed by atoms with Gasteiger partial charge in [0.1, 0.15) is 12.2 Å². The van der Waals surface area contributed by atoms with E-state index < -0.39 is 53.5 Å². The Labute approximate surface area is 203 Å². The van der Waals surface area contributed by atoms with E-state index in [9.17, 15) is 0 Å². The summed E-state index contributed by atoms with van der Waals surface area (Å²) in [5, 5.41) is 0. The first-order chi connectivity index (χ1) is 13.9. The van der Waals surface area contributed by atoms with Gasteiger partial charge in [-0.2, -0.15) is 0 Å². The Morgan fingerprint density at radius 1 is 0.625 bits per heavy atom. The van der Waals surface area contributed by atoms with E-state index >= 15 is 0 Å². The molecule has 0 bridgehead atoms. The number of hydrogen-bond acceptors (Lipinski definition) is 6. The molecule has 0 aromatic carbocycles. The molecule has 0 amide bonds. The monoisotopic (exact) mass is 540 g/mol. The van der Waals surface area contributed by atoms with Gasteiger partial charge in [0.25, 0.3) is 0 Å². The summed E-state index contributed by atoms with van der Waals surface area (Å²) in [6.45, 7) is 33.9. The van der Waals surface area contributed by atoms with Gasteiger partial charge in [-0.25, -0.2) is 0 Å². The molecule has 1 saturated heterocycles. The van der Waals surface area contributed by atoms with E-state index in [1.807, 2.05) is 0 Å². The standard InChI is InChI=1S/C21H52O6Si5/c1-28(2,3)23-17-21(27-32(13,14)15)20(26-31(10,11)12)19(25-30(7,8)9)18(16-22-21)24-29(4,5)6/h18-20H,16-17H2,1-15H3/t18-,19+,20-,21?/m0/s1. The van der Waals surface area contributed by atoms with Crippen molar-refractivity contribution in [2.45, 2.75) is 122 Å². The molecule has 1 rings (SSSR count). The zero-order valence-electron chi connectivity index (χ0n) is 23.6. The lowest BCUT2D eigenvalue weighted by atomic mass is 9.97. The van der Waals surface area contributed by atoms with E-state index in [1.165, 1.54) is 0 Å². The maximum absolute atomic E-state index is 6.89. The molecule has 6 nitrogen and oxygen atoms in total. The van der Waals surface area contributed by atoms with Gasteiger partial charge in [0, 0.05) is 0 Å². The first kappa shape index (κ1) is 30.9. The van der Waals surface area contributed by atoms with E-state index in [1.54, 1.807) is 0 Å². The maximum Gasteiger partial charge on any atom is 0.209 e. The van der Waals surface area contributed by atoms with Crippen molar-refractivity contribution >= 4 is 41.6 Å². The predicted octanol–water partition coefficient (Wildman–Crippen LogP) is 6.08. The summed E-state index contributed by atoms with van der Waals surface area (Å²) in [6.07, 6.45) is -0.838. The lowest BCUT2D eigenvalue weighted by Gasteiger charge is -2.54. The fourth-order valence-electron chi connectivity index (χ4n) is 3.56. The van der Waals surface area contributed by atoms with Crippen LogP contribution in [0, 0.1) is 0 Å². The minimum Gasteiger partial charge on any atom is -0.412 e. The third kappa shape index (κ3) is 11.5. The van der Waals surface area contributed by atoms with Gasteiger partial charge in [0.2, 0.25) is 5.79 Å². The van der Waals surface area contributed by atoms with Crippen LogP contribution in [-0.2, 0) is 26.9 Å². The van der Waals surface area contributed by atoms with Gasteiger partial charge in [-0.05, 0) is 98.2 Å². The summed E-state index contributed by atoms with van der Waals surface area (Å²) in [6, 6.07) is 0. The van der Waals surface area contributed by atoms with Gasteiger partial charge in [-0.15, -0.1) is 0 Å². The highest BCUT2D eigenvalue weighted by molar-refractivity contribution is 6.71. The SMILES string of the molecule is C[Si](C)(C)OCC1(O[Si](C)(C)C)OC[C@H](O[Si](C)(C)C)[C@@H](O[Si](C)(C)C)[C@@H]1O[Si](C)(C)C. The highest BCUT2D eigenvalue weighted by Gasteiger charge is 2.58. The molecule has 0 aromatic rings. The van der Waals surface area contributed by atoms with Crippen LogP contribution in [-0.4, -0.2) is 78.9 Å². The van der Waals surface area contributed by atoms with E-state index in [0.717, 1.165) is 0 Å². The Balaban J connectivity index is 3.59. The topological polar surface area (TPSA) is 55.4 Å². The molecular formula is C21H52O6Si5. The molecule has 0 saturated carbocycles. The smallest absolute Gasteiger partial charge is 0.209 e. The molecule has 1 aliphatic rings. The van der Waals surface area contributed by atoms with Gasteiger partial charge in [0.05, 0.1) is 19.3 Å². The van der Waals surface area contributed by atoms with Crippen LogP contribution in [0.2, 0.25) is 98.2 Å². The van der Waals surface area contributed by atoms with Gasteiger partial charge in [-0.3, -0.25) is 0 Å². The molecule has 1 unspecified atom stereocenters. The summed E-state index contributed by atoms with van der Waals surface area (Å²) < 4.78 is 40.3. The Hall–Kier alpha value is 0.844. The summed E-state index contributed by atoms with van der Waals surface area (Å²) in [7, 11) is -9.58. The van der Waals surface area contributed by atoms with Crippen LogP contribution in [0.5, 0.6) is 0 Å². The minimum absolute atomic E-state index is 0.181. The molecule has 1 fully saturated rings. The van der Waals surface area contributed by atoms with E-state index in [2.05, 4.69) is 98.2 Å². The Morgan fingerprint density at radius 2 is 1.09 bits per heavy atom. The first-order valence-electron chi connectivity index (χ1n) is 11.9. The second-order valence-corrected chi connectivity index (χ2v) is 36.2. The summed E-state index contributed by atoms with van der Waals surface area (Å²) in [5.41, 5.74) is 0. The van der Waals surface area contributed by atoms with Crippen LogP contribution in [0.25, 0.3) is 0 Å². The molecule has 192 valence electrons. The average Bonchev–Trinajstić information content (AvgIpc) is 2.46. The van der Waals surface area contributed by atoms with Crippen LogP contribution < -0.4 is 0 Å². The molecule has 1 heterocycles. The molecule has 0 radical (unpaired) electrons. The predicted molar refractivity (Wildman–Crippen MR) is 147 cm³/mol. The Kier molecular flexibility index (Phi) is 10.1. The van der Waals surface area contributed by atoms with Crippen molar-refractivity contribution in [3.63, 3.8) is 0 Å². The molecule has 0 aliphatic carbocycles. The fourth-order valence-corrected chi connectivity index (χ4v) is 8.74. The number of hydrogen-bond donors (Lipinski definition) is 0. The molecule has 0 aromatic heterocycles. The third-order valence-corrected chi connectivity index (χ3v) is 9.17.